The van der Waals surface area contributed by atoms with E-state index >= 15 is 0 Å². The minimum Gasteiger partial charge on any atom is -0.352 e. The van der Waals surface area contributed by atoms with Gasteiger partial charge in [0.25, 0.3) is 0 Å². The summed E-state index contributed by atoms with van der Waals surface area (Å²) < 4.78 is 14.0. The molecule has 2 aromatic rings. The van der Waals surface area contributed by atoms with E-state index in [1.165, 1.54) is 12.1 Å². The molecule has 0 bridgehead atoms. The third-order valence-corrected chi connectivity index (χ3v) is 5.98. The Balaban J connectivity index is 1.38. The molecule has 5 nitrogen and oxygen atoms in total. The first-order chi connectivity index (χ1) is 14.4. The van der Waals surface area contributed by atoms with Crippen molar-refractivity contribution >= 4 is 27.7 Å². The monoisotopic (exact) mass is 475 g/mol. The van der Waals surface area contributed by atoms with Crippen molar-refractivity contribution in [1.29, 1.82) is 0 Å². The number of hydrogen-bond acceptors (Lipinski definition) is 3. The Morgan fingerprint density at radius 1 is 1.10 bits per heavy atom. The van der Waals surface area contributed by atoms with Crippen LogP contribution in [-0.2, 0) is 16.1 Å². The molecule has 1 atom stereocenters. The van der Waals surface area contributed by atoms with Gasteiger partial charge in [-0.2, -0.15) is 0 Å². The Bertz CT molecular complexity index is 850. The second-order valence-electron chi connectivity index (χ2n) is 7.74. The summed E-state index contributed by atoms with van der Waals surface area (Å²) in [6, 6.07) is 14.0. The van der Waals surface area contributed by atoms with Gasteiger partial charge >= 0.3 is 0 Å². The largest absolute Gasteiger partial charge is 0.352 e. The number of halogens is 2. The highest BCUT2D eigenvalue weighted by molar-refractivity contribution is 9.10. The van der Waals surface area contributed by atoms with Crippen LogP contribution in [0.15, 0.2) is 53.0 Å². The Labute approximate surface area is 185 Å². The fraction of sp³-hybridized carbons (Fsp3) is 0.391. The van der Waals surface area contributed by atoms with E-state index in [1.807, 2.05) is 31.2 Å². The number of amides is 2. The molecule has 0 radical (unpaired) electrons. The standard InChI is InChI=1S/C23H27BrFN3O2/c1-16(18-4-6-20(24)7-5-18)27-22(29)15-28-12-10-19(11-13-28)23(30)26-14-17-2-8-21(25)9-3-17/h2-9,16,19H,10-15H2,1H3,(H,26,30)(H,27,29). The molecule has 0 aliphatic carbocycles. The number of piperidine rings is 1. The Morgan fingerprint density at radius 2 is 1.73 bits per heavy atom. The zero-order valence-electron chi connectivity index (χ0n) is 17.0. The third-order valence-electron chi connectivity index (χ3n) is 5.45. The molecule has 1 fully saturated rings. The quantitative estimate of drug-likeness (QED) is 0.640. The Hall–Kier alpha value is -2.25. The van der Waals surface area contributed by atoms with Crippen molar-refractivity contribution in [3.63, 3.8) is 0 Å². The SMILES string of the molecule is CC(NC(=O)CN1CCC(C(=O)NCc2ccc(F)cc2)CC1)c1ccc(Br)cc1. The number of benzene rings is 2. The number of carbonyl (C=O) groups excluding carboxylic acids is 2. The van der Waals surface area contributed by atoms with Crippen molar-refractivity contribution < 1.29 is 14.0 Å². The molecule has 0 spiro atoms. The van der Waals surface area contributed by atoms with Gasteiger partial charge < -0.3 is 10.6 Å². The summed E-state index contributed by atoms with van der Waals surface area (Å²) in [6.07, 6.45) is 1.45. The van der Waals surface area contributed by atoms with E-state index in [1.54, 1.807) is 12.1 Å². The second kappa shape index (κ2) is 10.7. The number of nitrogens with zero attached hydrogens (tertiary/aromatic N) is 1. The van der Waals surface area contributed by atoms with Gasteiger partial charge in [-0.25, -0.2) is 4.39 Å². The maximum Gasteiger partial charge on any atom is 0.234 e. The van der Waals surface area contributed by atoms with Gasteiger partial charge in [0.05, 0.1) is 12.6 Å². The summed E-state index contributed by atoms with van der Waals surface area (Å²) in [4.78, 5) is 26.9. The van der Waals surface area contributed by atoms with Gasteiger partial charge in [-0.3, -0.25) is 14.5 Å². The lowest BCUT2D eigenvalue weighted by Crippen LogP contribution is -2.44. The topological polar surface area (TPSA) is 61.4 Å². The van der Waals surface area contributed by atoms with Crippen molar-refractivity contribution in [3.8, 4) is 0 Å². The van der Waals surface area contributed by atoms with Crippen molar-refractivity contribution in [1.82, 2.24) is 15.5 Å². The van der Waals surface area contributed by atoms with E-state index in [-0.39, 0.29) is 29.6 Å². The molecule has 2 amide bonds. The van der Waals surface area contributed by atoms with Crippen LogP contribution in [0.3, 0.4) is 0 Å². The summed E-state index contributed by atoms with van der Waals surface area (Å²) in [7, 11) is 0. The summed E-state index contributed by atoms with van der Waals surface area (Å²) >= 11 is 3.41. The molecule has 1 saturated heterocycles. The zero-order valence-corrected chi connectivity index (χ0v) is 18.6. The summed E-state index contributed by atoms with van der Waals surface area (Å²) in [5.41, 5.74) is 1.93. The predicted molar refractivity (Wildman–Crippen MR) is 118 cm³/mol. The van der Waals surface area contributed by atoms with E-state index in [4.69, 9.17) is 0 Å². The molecular formula is C23H27BrFN3O2. The maximum absolute atomic E-state index is 13.0. The highest BCUT2D eigenvalue weighted by Gasteiger charge is 2.26. The molecule has 0 saturated carbocycles. The van der Waals surface area contributed by atoms with Crippen LogP contribution in [-0.4, -0.2) is 36.3 Å². The van der Waals surface area contributed by atoms with Gasteiger partial charge in [0.2, 0.25) is 11.8 Å². The normalized spacial score (nSPS) is 16.1. The van der Waals surface area contributed by atoms with Crippen LogP contribution >= 0.6 is 15.9 Å². The highest BCUT2D eigenvalue weighted by Crippen LogP contribution is 2.19. The lowest BCUT2D eigenvalue weighted by Gasteiger charge is -2.31. The van der Waals surface area contributed by atoms with Crippen LogP contribution in [0.5, 0.6) is 0 Å². The van der Waals surface area contributed by atoms with Gasteiger partial charge in [-0.05, 0) is 68.2 Å². The summed E-state index contributed by atoms with van der Waals surface area (Å²) in [6.45, 7) is 4.14. The first-order valence-electron chi connectivity index (χ1n) is 10.2. The minimum atomic E-state index is -0.285. The summed E-state index contributed by atoms with van der Waals surface area (Å²) in [5.74, 6) is -0.323. The average Bonchev–Trinajstić information content (AvgIpc) is 2.74. The molecule has 1 unspecified atom stereocenters. The molecule has 7 heteroatoms. The molecule has 1 heterocycles. The zero-order chi connectivity index (χ0) is 21.5. The predicted octanol–water partition coefficient (Wildman–Crippen LogP) is 3.79. The minimum absolute atomic E-state index is 0.00960. The maximum atomic E-state index is 13.0. The number of hydrogen-bond donors (Lipinski definition) is 2. The Morgan fingerprint density at radius 3 is 2.37 bits per heavy atom. The van der Waals surface area contributed by atoms with Crippen molar-refractivity contribution in [2.75, 3.05) is 19.6 Å². The van der Waals surface area contributed by atoms with Crippen molar-refractivity contribution in [2.24, 2.45) is 5.92 Å². The number of likely N-dealkylation sites (tertiary alicyclic amines) is 1. The summed E-state index contributed by atoms with van der Waals surface area (Å²) in [5, 5.41) is 5.97. The van der Waals surface area contributed by atoms with Crippen LogP contribution in [0.25, 0.3) is 0 Å². The smallest absolute Gasteiger partial charge is 0.234 e. The Kier molecular flexibility index (Phi) is 7.99. The van der Waals surface area contributed by atoms with Gasteiger partial charge in [-0.15, -0.1) is 0 Å². The highest BCUT2D eigenvalue weighted by atomic mass is 79.9. The average molecular weight is 476 g/mol. The van der Waals surface area contributed by atoms with Gasteiger partial charge in [0.1, 0.15) is 5.82 Å². The fourth-order valence-corrected chi connectivity index (χ4v) is 3.88. The van der Waals surface area contributed by atoms with Gasteiger partial charge in [-0.1, -0.05) is 40.2 Å². The molecule has 1 aliphatic heterocycles. The van der Waals surface area contributed by atoms with E-state index < -0.39 is 0 Å². The molecule has 2 N–H and O–H groups in total. The van der Waals surface area contributed by atoms with E-state index in [9.17, 15) is 14.0 Å². The van der Waals surface area contributed by atoms with Crippen LogP contribution in [0.1, 0.15) is 36.9 Å². The van der Waals surface area contributed by atoms with Crippen LogP contribution in [0.2, 0.25) is 0 Å². The van der Waals surface area contributed by atoms with Crippen LogP contribution < -0.4 is 10.6 Å². The lowest BCUT2D eigenvalue weighted by molar-refractivity contribution is -0.127. The molecule has 2 aromatic carbocycles. The van der Waals surface area contributed by atoms with Gasteiger partial charge in [0.15, 0.2) is 0 Å². The van der Waals surface area contributed by atoms with Crippen molar-refractivity contribution in [2.45, 2.75) is 32.4 Å². The molecule has 30 heavy (non-hydrogen) atoms. The third kappa shape index (κ3) is 6.64. The lowest BCUT2D eigenvalue weighted by atomic mass is 9.95. The van der Waals surface area contributed by atoms with Crippen molar-refractivity contribution in [3.05, 3.63) is 69.9 Å². The molecule has 0 aromatic heterocycles. The van der Waals surface area contributed by atoms with E-state index in [0.29, 0.717) is 26.2 Å². The molecule has 160 valence electrons. The fourth-order valence-electron chi connectivity index (χ4n) is 3.61. The number of nitrogens with one attached hydrogen (secondary N) is 2. The number of carbonyl (C=O) groups is 2. The van der Waals surface area contributed by atoms with E-state index in [0.717, 1.165) is 28.4 Å². The molecular weight excluding hydrogens is 449 g/mol. The molecule has 3 rings (SSSR count). The van der Waals surface area contributed by atoms with Crippen LogP contribution in [0, 0.1) is 11.7 Å². The van der Waals surface area contributed by atoms with Crippen LogP contribution in [0.4, 0.5) is 4.39 Å². The van der Waals surface area contributed by atoms with Gasteiger partial charge in [0, 0.05) is 16.9 Å². The first kappa shape index (κ1) is 22.4. The first-order valence-corrected chi connectivity index (χ1v) is 11.0. The second-order valence-corrected chi connectivity index (χ2v) is 8.65. The number of rotatable bonds is 7. The van der Waals surface area contributed by atoms with E-state index in [2.05, 4.69) is 31.5 Å². The molecule has 1 aliphatic rings.